The van der Waals surface area contributed by atoms with Crippen LogP contribution in [-0.2, 0) is 16.2 Å². The Kier molecular flexibility index (Phi) is 7.81. The Labute approximate surface area is 193 Å². The summed E-state index contributed by atoms with van der Waals surface area (Å²) in [5.41, 5.74) is 5.30. The first kappa shape index (κ1) is 22.5. The standard InChI is InChI=1S/C23H19BrClN3O3/c1-15-11-18(24)7-10-21(15)27-22(29)23(30)28-26-13-17-3-2-4-20(12-17)31-14-16-5-8-19(25)9-6-16/h2-13H,14H2,1H3,(H,27,29)(H,28,30). The average molecular weight is 501 g/mol. The Morgan fingerprint density at radius 3 is 2.58 bits per heavy atom. The first-order valence-corrected chi connectivity index (χ1v) is 10.5. The van der Waals surface area contributed by atoms with Crippen molar-refractivity contribution in [2.24, 2.45) is 5.10 Å². The quantitative estimate of drug-likeness (QED) is 0.281. The Balaban J connectivity index is 1.52. The molecule has 0 heterocycles. The van der Waals surface area contributed by atoms with Crippen LogP contribution in [0.3, 0.4) is 0 Å². The maximum absolute atomic E-state index is 12.0. The Hall–Kier alpha value is -3.16. The van der Waals surface area contributed by atoms with E-state index >= 15 is 0 Å². The number of hydrogen-bond acceptors (Lipinski definition) is 4. The van der Waals surface area contributed by atoms with Crippen LogP contribution in [0.2, 0.25) is 5.02 Å². The van der Waals surface area contributed by atoms with Gasteiger partial charge in [0.1, 0.15) is 12.4 Å². The fourth-order valence-corrected chi connectivity index (χ4v) is 3.20. The maximum Gasteiger partial charge on any atom is 0.329 e. The summed E-state index contributed by atoms with van der Waals surface area (Å²) in [6.07, 6.45) is 1.44. The number of halogens is 2. The van der Waals surface area contributed by atoms with E-state index < -0.39 is 11.8 Å². The minimum atomic E-state index is -0.867. The van der Waals surface area contributed by atoms with Gasteiger partial charge in [0.15, 0.2) is 0 Å². The molecule has 6 nitrogen and oxygen atoms in total. The molecular formula is C23H19BrClN3O3. The van der Waals surface area contributed by atoms with Crippen LogP contribution in [0.5, 0.6) is 5.75 Å². The number of carbonyl (C=O) groups excluding carboxylic acids is 2. The molecule has 0 fully saturated rings. The molecule has 0 aliphatic carbocycles. The van der Waals surface area contributed by atoms with Gasteiger partial charge in [0, 0.05) is 15.2 Å². The molecule has 2 N–H and O–H groups in total. The van der Waals surface area contributed by atoms with Crippen LogP contribution in [0.15, 0.2) is 76.3 Å². The second kappa shape index (κ2) is 10.7. The van der Waals surface area contributed by atoms with Crippen molar-refractivity contribution in [2.75, 3.05) is 5.32 Å². The van der Waals surface area contributed by atoms with E-state index in [0.717, 1.165) is 15.6 Å². The van der Waals surface area contributed by atoms with E-state index in [1.807, 2.05) is 37.3 Å². The van der Waals surface area contributed by atoms with Crippen molar-refractivity contribution in [1.82, 2.24) is 5.43 Å². The summed E-state index contributed by atoms with van der Waals surface area (Å²) in [6.45, 7) is 2.22. The third-order valence-corrected chi connectivity index (χ3v) is 4.94. The van der Waals surface area contributed by atoms with Gasteiger partial charge in [0.2, 0.25) is 0 Å². The van der Waals surface area contributed by atoms with Gasteiger partial charge in [-0.25, -0.2) is 5.43 Å². The van der Waals surface area contributed by atoms with Gasteiger partial charge in [-0.1, -0.05) is 51.8 Å². The molecule has 0 bridgehead atoms. The number of carbonyl (C=O) groups is 2. The monoisotopic (exact) mass is 499 g/mol. The Morgan fingerprint density at radius 1 is 1.06 bits per heavy atom. The fourth-order valence-electron chi connectivity index (χ4n) is 2.59. The lowest BCUT2D eigenvalue weighted by Gasteiger charge is -2.08. The predicted molar refractivity (Wildman–Crippen MR) is 125 cm³/mol. The first-order chi connectivity index (χ1) is 14.9. The molecule has 0 aliphatic rings. The molecule has 3 aromatic rings. The minimum Gasteiger partial charge on any atom is -0.489 e. The average Bonchev–Trinajstić information content (AvgIpc) is 2.75. The number of nitrogens with one attached hydrogen (secondary N) is 2. The highest BCUT2D eigenvalue weighted by molar-refractivity contribution is 9.10. The van der Waals surface area contributed by atoms with Crippen molar-refractivity contribution in [3.8, 4) is 5.75 Å². The second-order valence-corrected chi connectivity index (χ2v) is 7.95. The first-order valence-electron chi connectivity index (χ1n) is 9.28. The largest absolute Gasteiger partial charge is 0.489 e. The van der Waals surface area contributed by atoms with E-state index in [1.165, 1.54) is 6.21 Å². The van der Waals surface area contributed by atoms with Crippen LogP contribution in [0, 0.1) is 6.92 Å². The van der Waals surface area contributed by atoms with Gasteiger partial charge < -0.3 is 10.1 Å². The maximum atomic E-state index is 12.0. The van der Waals surface area contributed by atoms with Gasteiger partial charge in [0.25, 0.3) is 0 Å². The minimum absolute atomic E-state index is 0.393. The summed E-state index contributed by atoms with van der Waals surface area (Å²) < 4.78 is 6.65. The second-order valence-electron chi connectivity index (χ2n) is 6.60. The summed E-state index contributed by atoms with van der Waals surface area (Å²) in [5.74, 6) is -1.02. The summed E-state index contributed by atoms with van der Waals surface area (Å²) in [5, 5.41) is 7.07. The van der Waals surface area contributed by atoms with E-state index in [1.54, 1.807) is 36.4 Å². The van der Waals surface area contributed by atoms with Crippen molar-refractivity contribution in [2.45, 2.75) is 13.5 Å². The summed E-state index contributed by atoms with van der Waals surface area (Å²) in [7, 11) is 0. The van der Waals surface area contributed by atoms with Crippen LogP contribution in [-0.4, -0.2) is 18.0 Å². The number of nitrogens with zero attached hydrogens (tertiary/aromatic N) is 1. The van der Waals surface area contributed by atoms with Gasteiger partial charge in [-0.2, -0.15) is 5.10 Å². The molecule has 158 valence electrons. The van der Waals surface area contributed by atoms with Crippen molar-refractivity contribution >= 4 is 51.2 Å². The van der Waals surface area contributed by atoms with E-state index in [-0.39, 0.29) is 0 Å². The Morgan fingerprint density at radius 2 is 1.84 bits per heavy atom. The SMILES string of the molecule is Cc1cc(Br)ccc1NC(=O)C(=O)NN=Cc1cccc(OCc2ccc(Cl)cc2)c1. The highest BCUT2D eigenvalue weighted by atomic mass is 79.9. The number of hydrogen-bond donors (Lipinski definition) is 2. The molecule has 3 rings (SSSR count). The lowest BCUT2D eigenvalue weighted by Crippen LogP contribution is -2.32. The van der Waals surface area contributed by atoms with Crippen LogP contribution < -0.4 is 15.5 Å². The van der Waals surface area contributed by atoms with E-state index in [0.29, 0.717) is 28.6 Å². The number of amides is 2. The third kappa shape index (κ3) is 6.94. The van der Waals surface area contributed by atoms with Crippen molar-refractivity contribution in [3.05, 3.63) is 92.9 Å². The lowest BCUT2D eigenvalue weighted by atomic mass is 10.2. The van der Waals surface area contributed by atoms with Gasteiger partial charge in [-0.15, -0.1) is 0 Å². The number of benzene rings is 3. The molecule has 3 aromatic carbocycles. The topological polar surface area (TPSA) is 79.8 Å². The molecule has 0 saturated heterocycles. The zero-order chi connectivity index (χ0) is 22.2. The number of ether oxygens (including phenoxy) is 1. The Bertz CT molecular complexity index is 1120. The van der Waals surface area contributed by atoms with E-state index in [9.17, 15) is 9.59 Å². The number of rotatable bonds is 6. The van der Waals surface area contributed by atoms with Gasteiger partial charge in [-0.05, 0) is 66.1 Å². The molecular weight excluding hydrogens is 482 g/mol. The number of anilines is 1. The van der Waals surface area contributed by atoms with Crippen LogP contribution in [0.4, 0.5) is 5.69 Å². The number of hydrazone groups is 1. The van der Waals surface area contributed by atoms with Crippen molar-refractivity contribution in [1.29, 1.82) is 0 Å². The molecule has 0 aromatic heterocycles. The molecule has 0 aliphatic heterocycles. The molecule has 0 saturated carbocycles. The van der Waals surface area contributed by atoms with Crippen LogP contribution in [0.1, 0.15) is 16.7 Å². The summed E-state index contributed by atoms with van der Waals surface area (Å²) >= 11 is 9.23. The molecule has 8 heteroatoms. The van der Waals surface area contributed by atoms with Gasteiger partial charge >= 0.3 is 11.8 Å². The van der Waals surface area contributed by atoms with Crippen molar-refractivity contribution in [3.63, 3.8) is 0 Å². The third-order valence-electron chi connectivity index (χ3n) is 4.20. The molecule has 0 atom stereocenters. The van der Waals surface area contributed by atoms with Crippen molar-refractivity contribution < 1.29 is 14.3 Å². The van der Waals surface area contributed by atoms with E-state index in [2.05, 4.69) is 31.8 Å². The fraction of sp³-hybridized carbons (Fsp3) is 0.0870. The molecule has 0 radical (unpaired) electrons. The number of aryl methyl sites for hydroxylation is 1. The highest BCUT2D eigenvalue weighted by Gasteiger charge is 2.14. The molecule has 2 amide bonds. The van der Waals surface area contributed by atoms with Crippen LogP contribution >= 0.6 is 27.5 Å². The normalized spacial score (nSPS) is 10.7. The summed E-state index contributed by atoms with van der Waals surface area (Å²) in [6, 6.07) is 19.9. The lowest BCUT2D eigenvalue weighted by molar-refractivity contribution is -0.136. The molecule has 0 unspecified atom stereocenters. The predicted octanol–water partition coefficient (Wildman–Crippen LogP) is 5.08. The smallest absolute Gasteiger partial charge is 0.329 e. The van der Waals surface area contributed by atoms with Gasteiger partial charge in [-0.3, -0.25) is 9.59 Å². The van der Waals surface area contributed by atoms with Gasteiger partial charge in [0.05, 0.1) is 6.21 Å². The zero-order valence-electron chi connectivity index (χ0n) is 16.6. The summed E-state index contributed by atoms with van der Waals surface area (Å²) in [4.78, 5) is 24.0. The molecule has 0 spiro atoms. The highest BCUT2D eigenvalue weighted by Crippen LogP contribution is 2.20. The molecule has 31 heavy (non-hydrogen) atoms. The zero-order valence-corrected chi connectivity index (χ0v) is 18.9. The van der Waals surface area contributed by atoms with E-state index in [4.69, 9.17) is 16.3 Å². The van der Waals surface area contributed by atoms with Crippen LogP contribution in [0.25, 0.3) is 0 Å².